The van der Waals surface area contributed by atoms with Crippen LogP contribution in [0.25, 0.3) is 10.9 Å². The topological polar surface area (TPSA) is 74.2 Å². The number of rotatable bonds is 3. The third-order valence-corrected chi connectivity index (χ3v) is 4.86. The van der Waals surface area contributed by atoms with Crippen LogP contribution in [-0.2, 0) is 0 Å². The fraction of sp³-hybridized carbons (Fsp3) is 0.444. The van der Waals surface area contributed by atoms with E-state index in [1.54, 1.807) is 0 Å². The Kier molecular flexibility index (Phi) is 4.22. The number of carbonyl (C=O) groups is 1. The van der Waals surface area contributed by atoms with Crippen LogP contribution in [0.1, 0.15) is 31.9 Å². The molecule has 5 heteroatoms. The second kappa shape index (κ2) is 6.16. The standard InChI is InChI=1S/C18H23N3O2/c1-12-8-9-13-5-3-6-14(16(13)19-12)20-17(23)21-15-7-4-10-18(15,2)11-22/h3,5-6,8-9,15,22H,4,7,10-11H2,1-2H3,(H2,20,21,23). The summed E-state index contributed by atoms with van der Waals surface area (Å²) in [5.41, 5.74) is 2.17. The zero-order chi connectivity index (χ0) is 16.4. The van der Waals surface area contributed by atoms with Gasteiger partial charge >= 0.3 is 6.03 Å². The molecule has 1 saturated carbocycles. The number of aromatic nitrogens is 1. The summed E-state index contributed by atoms with van der Waals surface area (Å²) < 4.78 is 0. The maximum atomic E-state index is 12.4. The number of aliphatic hydroxyl groups excluding tert-OH is 1. The van der Waals surface area contributed by atoms with Gasteiger partial charge in [0.1, 0.15) is 0 Å². The Bertz CT molecular complexity index is 731. The highest BCUT2D eigenvalue weighted by Gasteiger charge is 2.39. The Balaban J connectivity index is 1.77. The predicted octanol–water partition coefficient (Wildman–Crippen LogP) is 3.22. The van der Waals surface area contributed by atoms with E-state index in [1.165, 1.54) is 0 Å². The normalized spacial score (nSPS) is 23.9. The van der Waals surface area contributed by atoms with Crippen molar-refractivity contribution in [1.82, 2.24) is 10.3 Å². The van der Waals surface area contributed by atoms with Gasteiger partial charge in [0.15, 0.2) is 0 Å². The number of nitrogens with zero attached hydrogens (tertiary/aromatic N) is 1. The second-order valence-corrected chi connectivity index (χ2v) is 6.69. The highest BCUT2D eigenvalue weighted by atomic mass is 16.3. The fourth-order valence-electron chi connectivity index (χ4n) is 3.33. The van der Waals surface area contributed by atoms with Crippen LogP contribution in [-0.4, -0.2) is 28.8 Å². The van der Waals surface area contributed by atoms with Crippen LogP contribution < -0.4 is 10.6 Å². The number of anilines is 1. The number of aliphatic hydroxyl groups is 1. The van der Waals surface area contributed by atoms with Crippen molar-refractivity contribution in [2.24, 2.45) is 5.41 Å². The van der Waals surface area contributed by atoms with Crippen LogP contribution in [0, 0.1) is 12.3 Å². The Labute approximate surface area is 136 Å². The van der Waals surface area contributed by atoms with Crippen molar-refractivity contribution < 1.29 is 9.90 Å². The average molecular weight is 313 g/mol. The lowest BCUT2D eigenvalue weighted by molar-refractivity contribution is 0.122. The first kappa shape index (κ1) is 15.7. The lowest BCUT2D eigenvalue weighted by atomic mass is 9.86. The van der Waals surface area contributed by atoms with Crippen molar-refractivity contribution in [3.63, 3.8) is 0 Å². The number of hydrogen-bond acceptors (Lipinski definition) is 3. The Morgan fingerprint density at radius 3 is 3.00 bits per heavy atom. The van der Waals surface area contributed by atoms with Gasteiger partial charge in [-0.3, -0.25) is 4.98 Å². The van der Waals surface area contributed by atoms with E-state index in [0.717, 1.165) is 35.9 Å². The Morgan fingerprint density at radius 2 is 2.22 bits per heavy atom. The molecule has 1 heterocycles. The Hall–Kier alpha value is -2.14. The SMILES string of the molecule is Cc1ccc2cccc(NC(=O)NC3CCCC3(C)CO)c2n1. The summed E-state index contributed by atoms with van der Waals surface area (Å²) >= 11 is 0. The first-order valence-corrected chi connectivity index (χ1v) is 8.06. The minimum atomic E-state index is -0.243. The van der Waals surface area contributed by atoms with E-state index >= 15 is 0 Å². The summed E-state index contributed by atoms with van der Waals surface area (Å²) in [5.74, 6) is 0. The van der Waals surface area contributed by atoms with Crippen molar-refractivity contribution in [3.05, 3.63) is 36.0 Å². The van der Waals surface area contributed by atoms with E-state index in [-0.39, 0.29) is 24.1 Å². The summed E-state index contributed by atoms with van der Waals surface area (Å²) in [5, 5.41) is 16.5. The predicted molar refractivity (Wildman–Crippen MR) is 91.5 cm³/mol. The number of benzene rings is 1. The first-order chi connectivity index (χ1) is 11.0. The van der Waals surface area contributed by atoms with Gasteiger partial charge in [-0.25, -0.2) is 4.79 Å². The minimum Gasteiger partial charge on any atom is -0.396 e. The van der Waals surface area contributed by atoms with Crippen molar-refractivity contribution >= 4 is 22.6 Å². The van der Waals surface area contributed by atoms with Crippen molar-refractivity contribution in [1.29, 1.82) is 0 Å². The van der Waals surface area contributed by atoms with E-state index in [9.17, 15) is 9.90 Å². The third-order valence-electron chi connectivity index (χ3n) is 4.86. The van der Waals surface area contributed by atoms with Crippen LogP contribution in [0.3, 0.4) is 0 Å². The average Bonchev–Trinajstić information content (AvgIpc) is 2.89. The molecule has 1 aliphatic carbocycles. The highest BCUT2D eigenvalue weighted by Crippen LogP contribution is 2.37. The van der Waals surface area contributed by atoms with Crippen LogP contribution in [0.4, 0.5) is 10.5 Å². The quantitative estimate of drug-likeness (QED) is 0.814. The molecule has 23 heavy (non-hydrogen) atoms. The zero-order valence-electron chi connectivity index (χ0n) is 13.6. The molecule has 0 saturated heterocycles. The maximum absolute atomic E-state index is 12.4. The van der Waals surface area contributed by atoms with Gasteiger partial charge in [0, 0.05) is 22.5 Å². The number of fused-ring (bicyclic) bond motifs is 1. The van der Waals surface area contributed by atoms with Crippen LogP contribution in [0.2, 0.25) is 0 Å². The monoisotopic (exact) mass is 313 g/mol. The van der Waals surface area contributed by atoms with Gasteiger partial charge in [-0.2, -0.15) is 0 Å². The molecule has 0 bridgehead atoms. The van der Waals surface area contributed by atoms with Crippen LogP contribution in [0.15, 0.2) is 30.3 Å². The molecule has 0 radical (unpaired) electrons. The van der Waals surface area contributed by atoms with Gasteiger partial charge in [0.05, 0.1) is 17.8 Å². The van der Waals surface area contributed by atoms with Crippen molar-refractivity contribution in [2.45, 2.75) is 39.2 Å². The van der Waals surface area contributed by atoms with Gasteiger partial charge < -0.3 is 15.7 Å². The molecule has 3 rings (SSSR count). The van der Waals surface area contributed by atoms with E-state index in [4.69, 9.17) is 0 Å². The lowest BCUT2D eigenvalue weighted by Gasteiger charge is -2.30. The second-order valence-electron chi connectivity index (χ2n) is 6.69. The molecule has 0 aliphatic heterocycles. The van der Waals surface area contributed by atoms with Gasteiger partial charge in [-0.05, 0) is 31.9 Å². The van der Waals surface area contributed by atoms with E-state index in [1.807, 2.05) is 44.2 Å². The number of aryl methyl sites for hydroxylation is 1. The molecule has 2 aromatic rings. The first-order valence-electron chi connectivity index (χ1n) is 8.06. The molecule has 122 valence electrons. The van der Waals surface area contributed by atoms with Gasteiger partial charge in [0.2, 0.25) is 0 Å². The summed E-state index contributed by atoms with van der Waals surface area (Å²) in [7, 11) is 0. The number of urea groups is 1. The van der Waals surface area contributed by atoms with E-state index in [0.29, 0.717) is 5.69 Å². The molecule has 5 nitrogen and oxygen atoms in total. The largest absolute Gasteiger partial charge is 0.396 e. The summed E-state index contributed by atoms with van der Waals surface area (Å²) in [6.07, 6.45) is 2.86. The molecule has 1 aromatic carbocycles. The molecule has 2 unspecified atom stereocenters. The Morgan fingerprint density at radius 1 is 1.39 bits per heavy atom. The molecule has 1 aliphatic rings. The molecular weight excluding hydrogens is 290 g/mol. The highest BCUT2D eigenvalue weighted by molar-refractivity contribution is 5.99. The van der Waals surface area contributed by atoms with Crippen LogP contribution in [0.5, 0.6) is 0 Å². The number of nitrogens with one attached hydrogen (secondary N) is 2. The molecule has 0 spiro atoms. The summed E-state index contributed by atoms with van der Waals surface area (Å²) in [6, 6.07) is 9.45. The number of para-hydroxylation sites is 1. The molecule has 2 atom stereocenters. The maximum Gasteiger partial charge on any atom is 0.319 e. The summed E-state index contributed by atoms with van der Waals surface area (Å²) in [6.45, 7) is 4.04. The number of hydrogen-bond donors (Lipinski definition) is 3. The van der Waals surface area contributed by atoms with Gasteiger partial charge in [-0.1, -0.05) is 31.5 Å². The lowest BCUT2D eigenvalue weighted by Crippen LogP contribution is -2.46. The smallest absolute Gasteiger partial charge is 0.319 e. The van der Waals surface area contributed by atoms with Gasteiger partial charge in [-0.15, -0.1) is 0 Å². The number of amides is 2. The third kappa shape index (κ3) is 3.15. The molecule has 1 aromatic heterocycles. The van der Waals surface area contributed by atoms with Crippen molar-refractivity contribution in [3.8, 4) is 0 Å². The molecule has 1 fully saturated rings. The number of pyridine rings is 1. The van der Waals surface area contributed by atoms with Gasteiger partial charge in [0.25, 0.3) is 0 Å². The van der Waals surface area contributed by atoms with E-state index < -0.39 is 0 Å². The van der Waals surface area contributed by atoms with Crippen molar-refractivity contribution in [2.75, 3.05) is 11.9 Å². The van der Waals surface area contributed by atoms with E-state index in [2.05, 4.69) is 15.6 Å². The molecular formula is C18H23N3O2. The molecule has 2 amide bonds. The molecule has 3 N–H and O–H groups in total. The van der Waals surface area contributed by atoms with Crippen LogP contribution >= 0.6 is 0 Å². The number of carbonyl (C=O) groups excluding carboxylic acids is 1. The minimum absolute atomic E-state index is 0.00262. The summed E-state index contributed by atoms with van der Waals surface area (Å²) in [4.78, 5) is 16.9. The zero-order valence-corrected chi connectivity index (χ0v) is 13.6. The fourth-order valence-corrected chi connectivity index (χ4v) is 3.33.